The number of benzene rings is 1. The van der Waals surface area contributed by atoms with Crippen LogP contribution in [-0.2, 0) is 14.4 Å². The first-order valence-corrected chi connectivity index (χ1v) is 11.9. The van der Waals surface area contributed by atoms with Crippen molar-refractivity contribution in [2.75, 3.05) is 26.2 Å². The highest BCUT2D eigenvalue weighted by Crippen LogP contribution is 2.19. The number of carbonyl (C=O) groups excluding carboxylic acids is 4. The Bertz CT molecular complexity index is 899. The zero-order valence-corrected chi connectivity index (χ0v) is 19.7. The van der Waals surface area contributed by atoms with Gasteiger partial charge in [-0.3, -0.25) is 19.2 Å². The van der Waals surface area contributed by atoms with E-state index in [4.69, 9.17) is 4.74 Å². The average molecular weight is 475 g/mol. The lowest BCUT2D eigenvalue weighted by Gasteiger charge is -2.31. The lowest BCUT2D eigenvalue weighted by atomic mass is 9.97. The monoisotopic (exact) mass is 474 g/mol. The number of nitrogens with one attached hydrogen (secondary N) is 3. The first-order chi connectivity index (χ1) is 16.3. The number of aliphatic hydroxyl groups is 1. The van der Waals surface area contributed by atoms with Crippen molar-refractivity contribution in [1.82, 2.24) is 20.9 Å². The molecule has 0 bridgehead atoms. The number of ether oxygens (including phenoxy) is 1. The van der Waals surface area contributed by atoms with E-state index in [-0.39, 0.29) is 42.9 Å². The third-order valence-corrected chi connectivity index (χ3v) is 6.40. The molecule has 10 nitrogen and oxygen atoms in total. The van der Waals surface area contributed by atoms with E-state index in [0.717, 1.165) is 0 Å². The van der Waals surface area contributed by atoms with E-state index in [2.05, 4.69) is 16.0 Å². The summed E-state index contributed by atoms with van der Waals surface area (Å²) in [6.45, 7) is 4.90. The number of rotatable bonds is 4. The molecule has 186 valence electrons. The Morgan fingerprint density at radius 3 is 2.56 bits per heavy atom. The third-order valence-electron chi connectivity index (χ3n) is 6.40. The van der Waals surface area contributed by atoms with E-state index < -0.39 is 30.0 Å². The zero-order valence-electron chi connectivity index (χ0n) is 19.7. The Morgan fingerprint density at radius 2 is 1.85 bits per heavy atom. The fraction of sp³-hybridized carbons (Fsp3) is 0.583. The molecule has 0 aromatic heterocycles. The van der Waals surface area contributed by atoms with Gasteiger partial charge in [0.25, 0.3) is 5.91 Å². The van der Waals surface area contributed by atoms with Gasteiger partial charge in [-0.25, -0.2) is 0 Å². The molecule has 0 aliphatic carbocycles. The molecule has 1 aromatic rings. The van der Waals surface area contributed by atoms with Crippen LogP contribution in [-0.4, -0.2) is 78.1 Å². The van der Waals surface area contributed by atoms with Crippen LogP contribution in [0.25, 0.3) is 0 Å². The van der Waals surface area contributed by atoms with Gasteiger partial charge in [0.2, 0.25) is 17.7 Å². The molecule has 2 aliphatic heterocycles. The molecule has 1 saturated heterocycles. The first kappa shape index (κ1) is 25.5. The van der Waals surface area contributed by atoms with E-state index in [9.17, 15) is 24.3 Å². The van der Waals surface area contributed by atoms with Crippen LogP contribution in [0.15, 0.2) is 24.3 Å². The number of piperidine rings is 1. The molecule has 3 rings (SSSR count). The minimum atomic E-state index is -1.18. The molecule has 0 unspecified atom stereocenters. The highest BCUT2D eigenvalue weighted by Gasteiger charge is 2.33. The number of fused-ring (bicyclic) bond motifs is 1. The number of hydrogen-bond acceptors (Lipinski definition) is 6. The minimum absolute atomic E-state index is 0.153. The SMILES string of the molecule is CC[C@H](C)[C@@H]1NC(=O)[C@H](CC(=O)N2CCC(O)CC2)NC(=O)c2ccccc2OCCNC1=O. The van der Waals surface area contributed by atoms with Crippen molar-refractivity contribution in [3.63, 3.8) is 0 Å². The molecule has 4 N–H and O–H groups in total. The predicted octanol–water partition coefficient (Wildman–Crippen LogP) is 0.198. The van der Waals surface area contributed by atoms with E-state index >= 15 is 0 Å². The number of nitrogens with zero attached hydrogens (tertiary/aromatic N) is 1. The lowest BCUT2D eigenvalue weighted by Crippen LogP contribution is -2.57. The molecule has 2 heterocycles. The number of carbonyl (C=O) groups is 4. The fourth-order valence-corrected chi connectivity index (χ4v) is 4.05. The summed E-state index contributed by atoms with van der Waals surface area (Å²) in [5.41, 5.74) is 0.234. The summed E-state index contributed by atoms with van der Waals surface area (Å²) in [5, 5.41) is 17.9. The van der Waals surface area contributed by atoms with Crippen molar-refractivity contribution in [1.29, 1.82) is 0 Å². The van der Waals surface area contributed by atoms with Crippen LogP contribution in [0, 0.1) is 5.92 Å². The van der Waals surface area contributed by atoms with Gasteiger partial charge in [-0.15, -0.1) is 0 Å². The number of hydrogen-bond donors (Lipinski definition) is 4. The van der Waals surface area contributed by atoms with Crippen LogP contribution < -0.4 is 20.7 Å². The van der Waals surface area contributed by atoms with Gasteiger partial charge in [-0.05, 0) is 30.9 Å². The number of para-hydroxylation sites is 1. The standard InChI is InChI=1S/C24H34N4O6/c1-3-15(2)21-24(33)25-10-13-34-19-7-5-4-6-17(19)22(31)26-18(23(32)27-21)14-20(30)28-11-8-16(29)9-12-28/h4-7,15-16,18,21,29H,3,8-14H2,1-2H3,(H,25,33)(H,26,31)(H,27,32)/t15-,18-,21-/m0/s1. The van der Waals surface area contributed by atoms with Crippen molar-refractivity contribution in [3.05, 3.63) is 29.8 Å². The van der Waals surface area contributed by atoms with Crippen LogP contribution in [0.4, 0.5) is 0 Å². The first-order valence-electron chi connectivity index (χ1n) is 11.9. The predicted molar refractivity (Wildman–Crippen MR) is 124 cm³/mol. The molecule has 0 spiro atoms. The highest BCUT2D eigenvalue weighted by molar-refractivity contribution is 6.01. The van der Waals surface area contributed by atoms with Crippen molar-refractivity contribution in [3.8, 4) is 5.75 Å². The van der Waals surface area contributed by atoms with Gasteiger partial charge in [-0.1, -0.05) is 32.4 Å². The maximum absolute atomic E-state index is 13.3. The largest absolute Gasteiger partial charge is 0.491 e. The van der Waals surface area contributed by atoms with Crippen LogP contribution in [0.5, 0.6) is 5.75 Å². The summed E-state index contributed by atoms with van der Waals surface area (Å²) in [5.74, 6) is -1.63. The van der Waals surface area contributed by atoms with Crippen molar-refractivity contribution >= 4 is 23.6 Å². The maximum atomic E-state index is 13.3. The van der Waals surface area contributed by atoms with Gasteiger partial charge in [0, 0.05) is 13.1 Å². The smallest absolute Gasteiger partial charge is 0.255 e. The van der Waals surface area contributed by atoms with Gasteiger partial charge in [0.15, 0.2) is 0 Å². The quantitative estimate of drug-likeness (QED) is 0.492. The fourth-order valence-electron chi connectivity index (χ4n) is 4.05. The molecular weight excluding hydrogens is 440 g/mol. The minimum Gasteiger partial charge on any atom is -0.491 e. The summed E-state index contributed by atoms with van der Waals surface area (Å²) in [7, 11) is 0. The molecule has 0 saturated carbocycles. The summed E-state index contributed by atoms with van der Waals surface area (Å²) in [4.78, 5) is 53.7. The lowest BCUT2D eigenvalue weighted by molar-refractivity contribution is -0.137. The molecule has 2 aliphatic rings. The van der Waals surface area contributed by atoms with E-state index in [1.165, 1.54) is 0 Å². The Labute approximate surface area is 199 Å². The van der Waals surface area contributed by atoms with Crippen LogP contribution in [0.1, 0.15) is 49.9 Å². The summed E-state index contributed by atoms with van der Waals surface area (Å²) < 4.78 is 5.71. The maximum Gasteiger partial charge on any atom is 0.255 e. The molecule has 3 atom stereocenters. The Morgan fingerprint density at radius 1 is 1.15 bits per heavy atom. The Hall–Kier alpha value is -3.14. The van der Waals surface area contributed by atoms with E-state index in [1.54, 1.807) is 29.2 Å². The molecule has 1 fully saturated rings. The Kier molecular flexibility index (Phi) is 8.86. The van der Waals surface area contributed by atoms with Gasteiger partial charge in [-0.2, -0.15) is 0 Å². The summed E-state index contributed by atoms with van der Waals surface area (Å²) >= 11 is 0. The second kappa shape index (κ2) is 11.8. The molecule has 4 amide bonds. The van der Waals surface area contributed by atoms with Crippen molar-refractivity contribution in [2.24, 2.45) is 5.92 Å². The van der Waals surface area contributed by atoms with E-state index in [0.29, 0.717) is 38.1 Å². The van der Waals surface area contributed by atoms with Gasteiger partial charge in [0.1, 0.15) is 24.4 Å². The van der Waals surface area contributed by atoms with Gasteiger partial charge in [0.05, 0.1) is 24.6 Å². The van der Waals surface area contributed by atoms with E-state index in [1.807, 2.05) is 13.8 Å². The van der Waals surface area contributed by atoms with Gasteiger partial charge >= 0.3 is 0 Å². The van der Waals surface area contributed by atoms with Crippen molar-refractivity contribution in [2.45, 2.75) is 57.7 Å². The second-order valence-corrected chi connectivity index (χ2v) is 8.85. The van der Waals surface area contributed by atoms with Crippen LogP contribution in [0.2, 0.25) is 0 Å². The third kappa shape index (κ3) is 6.47. The number of aliphatic hydroxyl groups excluding tert-OH is 1. The van der Waals surface area contributed by atoms with Crippen LogP contribution >= 0.6 is 0 Å². The molecular formula is C24H34N4O6. The summed E-state index contributed by atoms with van der Waals surface area (Å²) in [6.07, 6.45) is 0.882. The normalized spacial score (nSPS) is 23.6. The zero-order chi connectivity index (χ0) is 24.7. The highest BCUT2D eigenvalue weighted by atomic mass is 16.5. The molecule has 34 heavy (non-hydrogen) atoms. The van der Waals surface area contributed by atoms with Crippen molar-refractivity contribution < 1.29 is 29.0 Å². The summed E-state index contributed by atoms with van der Waals surface area (Å²) in [6, 6.07) is 4.62. The average Bonchev–Trinajstić information content (AvgIpc) is 2.84. The van der Waals surface area contributed by atoms with Crippen LogP contribution in [0.3, 0.4) is 0 Å². The Balaban J connectivity index is 1.87. The molecule has 0 radical (unpaired) electrons. The molecule has 1 aromatic carbocycles. The second-order valence-electron chi connectivity index (χ2n) is 8.85. The van der Waals surface area contributed by atoms with Gasteiger partial charge < -0.3 is 30.7 Å². The topological polar surface area (TPSA) is 137 Å². The molecule has 10 heteroatoms. The number of amides is 4. The number of likely N-dealkylation sites (tertiary alicyclic amines) is 1.